The second-order valence-corrected chi connectivity index (χ2v) is 6.09. The van der Waals surface area contributed by atoms with Crippen LogP contribution >= 0.6 is 11.3 Å². The van der Waals surface area contributed by atoms with Gasteiger partial charge in [0.1, 0.15) is 0 Å². The quantitative estimate of drug-likeness (QED) is 0.817. The lowest BCUT2D eigenvalue weighted by atomic mass is 10.0. The zero-order chi connectivity index (χ0) is 12.8. The van der Waals surface area contributed by atoms with E-state index < -0.39 is 0 Å². The number of likely N-dealkylation sites (N-methyl/N-ethyl adjacent to an activating group) is 2. The number of ether oxygens (including phenoxy) is 1. The van der Waals surface area contributed by atoms with E-state index in [0.29, 0.717) is 12.0 Å². The molecule has 1 fully saturated rings. The van der Waals surface area contributed by atoms with E-state index in [-0.39, 0.29) is 0 Å². The number of hydrogen-bond donors (Lipinski definition) is 1. The van der Waals surface area contributed by atoms with Gasteiger partial charge in [-0.2, -0.15) is 0 Å². The molecule has 1 saturated heterocycles. The van der Waals surface area contributed by atoms with Gasteiger partial charge in [-0.1, -0.05) is 13.0 Å². The van der Waals surface area contributed by atoms with E-state index in [2.05, 4.69) is 41.7 Å². The van der Waals surface area contributed by atoms with Gasteiger partial charge in [0.05, 0.1) is 13.2 Å². The number of nitrogens with one attached hydrogen (secondary N) is 1. The molecule has 2 atom stereocenters. The molecule has 0 saturated carbocycles. The number of thiophene rings is 1. The summed E-state index contributed by atoms with van der Waals surface area (Å²) in [5.74, 6) is 0.637. The van der Waals surface area contributed by atoms with Crippen molar-refractivity contribution >= 4 is 11.3 Å². The number of hydrogen-bond acceptors (Lipinski definition) is 4. The van der Waals surface area contributed by atoms with E-state index in [1.54, 1.807) is 0 Å². The summed E-state index contributed by atoms with van der Waals surface area (Å²) in [6.07, 6.45) is 1.16. The highest BCUT2D eigenvalue weighted by atomic mass is 32.1. The van der Waals surface area contributed by atoms with E-state index in [9.17, 15) is 0 Å². The second kappa shape index (κ2) is 7.24. The Balaban J connectivity index is 1.71. The zero-order valence-corrected chi connectivity index (χ0v) is 12.2. The molecule has 0 spiro atoms. The van der Waals surface area contributed by atoms with Gasteiger partial charge in [0, 0.05) is 29.9 Å². The first kappa shape index (κ1) is 14.0. The summed E-state index contributed by atoms with van der Waals surface area (Å²) in [5.41, 5.74) is 0. The molecule has 0 radical (unpaired) electrons. The molecule has 2 rings (SSSR count). The molecule has 0 bridgehead atoms. The van der Waals surface area contributed by atoms with Gasteiger partial charge in [0.15, 0.2) is 0 Å². The van der Waals surface area contributed by atoms with Crippen molar-refractivity contribution in [2.45, 2.75) is 19.4 Å². The van der Waals surface area contributed by atoms with Gasteiger partial charge in [-0.3, -0.25) is 0 Å². The maximum absolute atomic E-state index is 5.59. The highest BCUT2D eigenvalue weighted by molar-refractivity contribution is 7.09. The Labute approximate surface area is 114 Å². The van der Waals surface area contributed by atoms with Crippen molar-refractivity contribution in [1.82, 2.24) is 10.2 Å². The lowest BCUT2D eigenvalue weighted by molar-refractivity contribution is 0.173. The summed E-state index contributed by atoms with van der Waals surface area (Å²) in [6, 6.07) is 4.89. The standard InChI is InChI=1S/C14H24N2OS/c1-3-15-14-11-17-10-12(14)9-16(2)7-6-13-5-4-8-18-13/h4-5,8,12,14-15H,3,6-7,9-11H2,1-2H3. The average Bonchev–Trinajstić information content (AvgIpc) is 2.99. The largest absolute Gasteiger partial charge is 0.379 e. The minimum Gasteiger partial charge on any atom is -0.379 e. The van der Waals surface area contributed by atoms with Crippen molar-refractivity contribution in [3.05, 3.63) is 22.4 Å². The molecule has 2 unspecified atom stereocenters. The highest BCUT2D eigenvalue weighted by Crippen LogP contribution is 2.15. The first-order valence-corrected chi connectivity index (χ1v) is 7.69. The van der Waals surface area contributed by atoms with Crippen LogP contribution in [0, 0.1) is 5.92 Å². The molecule has 2 heterocycles. The van der Waals surface area contributed by atoms with Crippen molar-refractivity contribution < 1.29 is 4.74 Å². The molecule has 18 heavy (non-hydrogen) atoms. The lowest BCUT2D eigenvalue weighted by Gasteiger charge is -2.24. The molecule has 1 aliphatic rings. The molecule has 1 aliphatic heterocycles. The molecular formula is C14H24N2OS. The molecular weight excluding hydrogens is 244 g/mol. The third-order valence-electron chi connectivity index (χ3n) is 3.53. The fourth-order valence-electron chi connectivity index (χ4n) is 2.51. The van der Waals surface area contributed by atoms with Gasteiger partial charge in [-0.05, 0) is 31.5 Å². The second-order valence-electron chi connectivity index (χ2n) is 5.05. The predicted octanol–water partition coefficient (Wildman–Crippen LogP) is 1.85. The van der Waals surface area contributed by atoms with Crippen LogP contribution in [0.2, 0.25) is 0 Å². The van der Waals surface area contributed by atoms with Crippen molar-refractivity contribution in [1.29, 1.82) is 0 Å². The van der Waals surface area contributed by atoms with Crippen LogP contribution in [0.4, 0.5) is 0 Å². The van der Waals surface area contributed by atoms with Gasteiger partial charge in [0.25, 0.3) is 0 Å². The summed E-state index contributed by atoms with van der Waals surface area (Å²) in [4.78, 5) is 3.91. The third kappa shape index (κ3) is 4.05. The Morgan fingerprint density at radius 1 is 1.50 bits per heavy atom. The average molecular weight is 268 g/mol. The maximum Gasteiger partial charge on any atom is 0.0623 e. The first-order chi connectivity index (χ1) is 8.79. The fraction of sp³-hybridized carbons (Fsp3) is 0.714. The number of nitrogens with zero attached hydrogens (tertiary/aromatic N) is 1. The van der Waals surface area contributed by atoms with Crippen molar-refractivity contribution in [3.63, 3.8) is 0 Å². The summed E-state index contributed by atoms with van der Waals surface area (Å²) in [5, 5.41) is 5.67. The van der Waals surface area contributed by atoms with Crippen LogP contribution in [0.5, 0.6) is 0 Å². The molecule has 102 valence electrons. The Kier molecular flexibility index (Phi) is 5.63. The van der Waals surface area contributed by atoms with Crippen LogP contribution in [0.15, 0.2) is 17.5 Å². The SMILES string of the molecule is CCNC1COCC1CN(C)CCc1cccs1. The molecule has 1 N–H and O–H groups in total. The maximum atomic E-state index is 5.59. The molecule has 3 nitrogen and oxygen atoms in total. The van der Waals surface area contributed by atoms with E-state index in [0.717, 1.165) is 39.3 Å². The van der Waals surface area contributed by atoms with E-state index in [4.69, 9.17) is 4.74 Å². The molecule has 1 aromatic rings. The molecule has 1 aromatic heterocycles. The van der Waals surface area contributed by atoms with Crippen molar-refractivity contribution in [2.24, 2.45) is 5.92 Å². The molecule has 0 aromatic carbocycles. The van der Waals surface area contributed by atoms with Gasteiger partial charge >= 0.3 is 0 Å². The van der Waals surface area contributed by atoms with Gasteiger partial charge < -0.3 is 15.0 Å². The normalized spacial score (nSPS) is 23.9. The summed E-state index contributed by atoms with van der Waals surface area (Å²) in [6.45, 7) is 7.23. The number of rotatable bonds is 7. The Morgan fingerprint density at radius 2 is 2.39 bits per heavy atom. The van der Waals surface area contributed by atoms with Gasteiger partial charge in [-0.15, -0.1) is 11.3 Å². The zero-order valence-electron chi connectivity index (χ0n) is 11.4. The van der Waals surface area contributed by atoms with Gasteiger partial charge in [0.2, 0.25) is 0 Å². The summed E-state index contributed by atoms with van der Waals surface area (Å²) < 4.78 is 5.59. The molecule has 0 aliphatic carbocycles. The monoisotopic (exact) mass is 268 g/mol. The predicted molar refractivity (Wildman–Crippen MR) is 77.3 cm³/mol. The van der Waals surface area contributed by atoms with Crippen LogP contribution in [0.3, 0.4) is 0 Å². The smallest absolute Gasteiger partial charge is 0.0623 e. The fourth-order valence-corrected chi connectivity index (χ4v) is 3.21. The molecule has 0 amide bonds. The van der Waals surface area contributed by atoms with Crippen LogP contribution < -0.4 is 5.32 Å². The minimum absolute atomic E-state index is 0.541. The topological polar surface area (TPSA) is 24.5 Å². The van der Waals surface area contributed by atoms with Gasteiger partial charge in [-0.25, -0.2) is 0 Å². The van der Waals surface area contributed by atoms with Crippen LogP contribution in [0.1, 0.15) is 11.8 Å². The van der Waals surface area contributed by atoms with Crippen molar-refractivity contribution in [2.75, 3.05) is 39.9 Å². The van der Waals surface area contributed by atoms with Crippen LogP contribution in [-0.4, -0.2) is 50.8 Å². The third-order valence-corrected chi connectivity index (χ3v) is 4.47. The first-order valence-electron chi connectivity index (χ1n) is 6.81. The Hall–Kier alpha value is -0.420. The van der Waals surface area contributed by atoms with Crippen LogP contribution in [0.25, 0.3) is 0 Å². The van der Waals surface area contributed by atoms with E-state index in [1.165, 1.54) is 4.88 Å². The summed E-state index contributed by atoms with van der Waals surface area (Å²) >= 11 is 1.85. The Morgan fingerprint density at radius 3 is 3.11 bits per heavy atom. The van der Waals surface area contributed by atoms with Crippen LogP contribution in [-0.2, 0) is 11.2 Å². The van der Waals surface area contributed by atoms with Crippen molar-refractivity contribution in [3.8, 4) is 0 Å². The lowest BCUT2D eigenvalue weighted by Crippen LogP contribution is -2.41. The summed E-state index contributed by atoms with van der Waals surface area (Å²) in [7, 11) is 2.22. The molecule has 4 heteroatoms. The van der Waals surface area contributed by atoms with E-state index in [1.807, 2.05) is 11.3 Å². The highest BCUT2D eigenvalue weighted by Gasteiger charge is 2.28. The van der Waals surface area contributed by atoms with E-state index >= 15 is 0 Å². The Bertz CT molecular complexity index is 329. The minimum atomic E-state index is 0.541.